The maximum atomic E-state index is 11.4. The summed E-state index contributed by atoms with van der Waals surface area (Å²) in [7, 11) is -1.34. The highest BCUT2D eigenvalue weighted by Crippen LogP contribution is 2.19. The Kier molecular flexibility index (Phi) is 9.63. The van der Waals surface area contributed by atoms with Crippen LogP contribution in [0.15, 0.2) is 30.3 Å². The van der Waals surface area contributed by atoms with Crippen LogP contribution in [-0.4, -0.2) is 46.9 Å². The first-order valence-electron chi connectivity index (χ1n) is 8.57. The Bertz CT molecular complexity index is 473. The molecule has 0 saturated heterocycles. The van der Waals surface area contributed by atoms with Crippen molar-refractivity contribution in [3.8, 4) is 0 Å². The Hall–Kier alpha value is -1.41. The van der Waals surface area contributed by atoms with Crippen LogP contribution in [0.3, 0.4) is 0 Å². The number of unbranched alkanes of at least 4 members (excludes halogenated alkanes) is 1. The minimum Gasteiger partial charge on any atom is -0.480 e. The SMILES string of the molecule is NC(CCCCB(O)O)(CCCNCCc1ccccc1)C(=O)O. The Morgan fingerprint density at radius 2 is 1.75 bits per heavy atom. The fraction of sp³-hybridized carbons (Fsp3) is 0.588. The van der Waals surface area contributed by atoms with E-state index in [1.165, 1.54) is 5.56 Å². The molecule has 0 amide bonds. The number of nitrogens with one attached hydrogen (secondary N) is 1. The van der Waals surface area contributed by atoms with Crippen molar-refractivity contribution < 1.29 is 19.9 Å². The number of rotatable bonds is 13. The van der Waals surface area contributed by atoms with E-state index in [4.69, 9.17) is 15.8 Å². The number of benzene rings is 1. The molecule has 0 aliphatic rings. The third-order valence-electron chi connectivity index (χ3n) is 4.17. The lowest BCUT2D eigenvalue weighted by atomic mass is 9.81. The van der Waals surface area contributed by atoms with E-state index in [-0.39, 0.29) is 6.32 Å². The standard InChI is InChI=1S/C17H29BN2O4/c19-17(16(21)22,10-4-5-12-18(23)24)11-6-13-20-14-9-15-7-2-1-3-8-15/h1-3,7-8,20,23-24H,4-6,9-14,19H2,(H,21,22). The van der Waals surface area contributed by atoms with Gasteiger partial charge in [-0.3, -0.25) is 4.79 Å². The summed E-state index contributed by atoms with van der Waals surface area (Å²) >= 11 is 0. The van der Waals surface area contributed by atoms with Crippen molar-refractivity contribution in [2.75, 3.05) is 13.1 Å². The van der Waals surface area contributed by atoms with E-state index in [2.05, 4.69) is 17.4 Å². The van der Waals surface area contributed by atoms with Gasteiger partial charge in [-0.1, -0.05) is 43.2 Å². The quantitative estimate of drug-likeness (QED) is 0.271. The third kappa shape index (κ3) is 8.45. The topological polar surface area (TPSA) is 116 Å². The lowest BCUT2D eigenvalue weighted by Crippen LogP contribution is -2.48. The molecular weight excluding hydrogens is 307 g/mol. The first-order valence-corrected chi connectivity index (χ1v) is 8.57. The zero-order valence-corrected chi connectivity index (χ0v) is 14.2. The van der Waals surface area contributed by atoms with Gasteiger partial charge in [-0.05, 0) is 50.7 Å². The van der Waals surface area contributed by atoms with Gasteiger partial charge in [0.15, 0.2) is 0 Å². The van der Waals surface area contributed by atoms with Crippen LogP contribution < -0.4 is 11.1 Å². The van der Waals surface area contributed by atoms with E-state index in [9.17, 15) is 9.90 Å². The molecule has 24 heavy (non-hydrogen) atoms. The minimum absolute atomic E-state index is 0.247. The molecule has 134 valence electrons. The Morgan fingerprint density at radius 3 is 2.38 bits per heavy atom. The van der Waals surface area contributed by atoms with Crippen LogP contribution in [0.1, 0.15) is 37.7 Å². The van der Waals surface area contributed by atoms with Gasteiger partial charge in [0, 0.05) is 0 Å². The van der Waals surface area contributed by atoms with Crippen LogP contribution in [0.2, 0.25) is 6.32 Å². The van der Waals surface area contributed by atoms with Gasteiger partial charge >= 0.3 is 13.1 Å². The predicted octanol–water partition coefficient (Wildman–Crippen LogP) is 1.02. The molecule has 0 heterocycles. The van der Waals surface area contributed by atoms with Crippen LogP contribution in [0, 0.1) is 0 Å². The highest BCUT2D eigenvalue weighted by molar-refractivity contribution is 6.40. The molecule has 0 fully saturated rings. The number of aliphatic carboxylic acids is 1. The normalized spacial score (nSPS) is 13.5. The average molecular weight is 336 g/mol. The van der Waals surface area contributed by atoms with Crippen molar-refractivity contribution in [1.29, 1.82) is 0 Å². The second-order valence-corrected chi connectivity index (χ2v) is 6.28. The van der Waals surface area contributed by atoms with E-state index in [0.717, 1.165) is 19.5 Å². The third-order valence-corrected chi connectivity index (χ3v) is 4.17. The van der Waals surface area contributed by atoms with Crippen LogP contribution in [-0.2, 0) is 11.2 Å². The number of carbonyl (C=O) groups is 1. The fourth-order valence-corrected chi connectivity index (χ4v) is 2.64. The summed E-state index contributed by atoms with van der Waals surface area (Å²) in [4.78, 5) is 11.4. The molecule has 7 heteroatoms. The van der Waals surface area contributed by atoms with Gasteiger partial charge in [-0.25, -0.2) is 0 Å². The Morgan fingerprint density at radius 1 is 1.08 bits per heavy atom. The molecule has 6 nitrogen and oxygen atoms in total. The molecule has 1 aromatic rings. The molecule has 0 radical (unpaired) electrons. The lowest BCUT2D eigenvalue weighted by Gasteiger charge is -2.24. The molecule has 1 rings (SSSR count). The largest absolute Gasteiger partial charge is 0.480 e. The van der Waals surface area contributed by atoms with Gasteiger partial charge in [0.1, 0.15) is 5.54 Å². The molecule has 0 bridgehead atoms. The van der Waals surface area contributed by atoms with E-state index < -0.39 is 18.6 Å². The molecule has 0 aliphatic carbocycles. The maximum Gasteiger partial charge on any atom is 0.451 e. The molecule has 1 unspecified atom stereocenters. The smallest absolute Gasteiger partial charge is 0.451 e. The molecule has 1 atom stereocenters. The molecule has 6 N–H and O–H groups in total. The van der Waals surface area contributed by atoms with Crippen molar-refractivity contribution in [2.24, 2.45) is 5.73 Å². The van der Waals surface area contributed by atoms with Gasteiger partial charge in [0.05, 0.1) is 0 Å². The number of carboxylic acid groups (broad SMARTS) is 1. The summed E-state index contributed by atoms with van der Waals surface area (Å²) in [6.07, 6.45) is 3.76. The van der Waals surface area contributed by atoms with Gasteiger partial charge in [-0.2, -0.15) is 0 Å². The Balaban J connectivity index is 2.19. The molecule has 0 aliphatic heterocycles. The Labute approximate surface area is 144 Å². The van der Waals surface area contributed by atoms with Crippen molar-refractivity contribution in [1.82, 2.24) is 5.32 Å². The predicted molar refractivity (Wildman–Crippen MR) is 95.7 cm³/mol. The lowest BCUT2D eigenvalue weighted by molar-refractivity contribution is -0.144. The summed E-state index contributed by atoms with van der Waals surface area (Å²) in [5.41, 5.74) is 6.05. The molecule has 0 saturated carbocycles. The molecule has 0 spiro atoms. The molecule has 0 aromatic heterocycles. The maximum absolute atomic E-state index is 11.4. The van der Waals surface area contributed by atoms with Crippen LogP contribution in [0.4, 0.5) is 0 Å². The van der Waals surface area contributed by atoms with Gasteiger partial charge < -0.3 is 26.2 Å². The van der Waals surface area contributed by atoms with Crippen molar-refractivity contribution in [3.63, 3.8) is 0 Å². The summed E-state index contributed by atoms with van der Waals surface area (Å²) < 4.78 is 0. The van der Waals surface area contributed by atoms with Crippen LogP contribution in [0.25, 0.3) is 0 Å². The monoisotopic (exact) mass is 336 g/mol. The van der Waals surface area contributed by atoms with E-state index in [1.54, 1.807) is 0 Å². The van der Waals surface area contributed by atoms with Crippen molar-refractivity contribution in [3.05, 3.63) is 35.9 Å². The first kappa shape index (κ1) is 20.6. The van der Waals surface area contributed by atoms with Gasteiger partial charge in [0.25, 0.3) is 0 Å². The highest BCUT2D eigenvalue weighted by atomic mass is 16.4. The van der Waals surface area contributed by atoms with Crippen LogP contribution >= 0.6 is 0 Å². The second kappa shape index (κ2) is 11.2. The fourth-order valence-electron chi connectivity index (χ4n) is 2.64. The molecule has 1 aromatic carbocycles. The van der Waals surface area contributed by atoms with E-state index >= 15 is 0 Å². The zero-order valence-electron chi connectivity index (χ0n) is 14.2. The minimum atomic E-state index is -1.34. The van der Waals surface area contributed by atoms with Crippen molar-refractivity contribution in [2.45, 2.75) is 50.4 Å². The first-order chi connectivity index (χ1) is 11.4. The van der Waals surface area contributed by atoms with Gasteiger partial charge in [0.2, 0.25) is 0 Å². The number of nitrogens with two attached hydrogens (primary N) is 1. The number of hydrogen-bond donors (Lipinski definition) is 5. The summed E-state index contributed by atoms with van der Waals surface area (Å²) in [5, 5.41) is 30.3. The second-order valence-electron chi connectivity index (χ2n) is 6.28. The highest BCUT2D eigenvalue weighted by Gasteiger charge is 2.32. The van der Waals surface area contributed by atoms with Gasteiger partial charge in [-0.15, -0.1) is 0 Å². The van der Waals surface area contributed by atoms with E-state index in [1.807, 2.05) is 18.2 Å². The van der Waals surface area contributed by atoms with E-state index in [0.29, 0.717) is 32.1 Å². The van der Waals surface area contributed by atoms with Crippen LogP contribution in [0.5, 0.6) is 0 Å². The van der Waals surface area contributed by atoms with Crippen molar-refractivity contribution >= 4 is 13.1 Å². The number of hydrogen-bond acceptors (Lipinski definition) is 5. The zero-order chi connectivity index (χ0) is 17.8. The molecular formula is C17H29BN2O4. The number of carboxylic acids is 1. The average Bonchev–Trinajstić information content (AvgIpc) is 2.55. The summed E-state index contributed by atoms with van der Waals surface area (Å²) in [6, 6.07) is 10.2. The summed E-state index contributed by atoms with van der Waals surface area (Å²) in [6.45, 7) is 1.58. The summed E-state index contributed by atoms with van der Waals surface area (Å²) in [5.74, 6) is -0.990.